The van der Waals surface area contributed by atoms with Crippen LogP contribution in [-0.4, -0.2) is 107 Å². The summed E-state index contributed by atoms with van der Waals surface area (Å²) in [4.78, 5) is 39.4. The van der Waals surface area contributed by atoms with Gasteiger partial charge in [0, 0.05) is 30.8 Å². The van der Waals surface area contributed by atoms with E-state index in [1.807, 2.05) is 0 Å². The molecule has 2 unspecified atom stereocenters. The maximum absolute atomic E-state index is 13.0. The van der Waals surface area contributed by atoms with Crippen molar-refractivity contribution < 1.29 is 45.0 Å². The first-order valence-corrected chi connectivity index (χ1v) is 10.4. The van der Waals surface area contributed by atoms with E-state index in [-0.39, 0.29) is 42.0 Å². The van der Waals surface area contributed by atoms with Crippen LogP contribution in [-0.2, 0) is 4.79 Å². The van der Waals surface area contributed by atoms with Gasteiger partial charge in [-0.1, -0.05) is 0 Å². The molecule has 0 aliphatic carbocycles. The summed E-state index contributed by atoms with van der Waals surface area (Å²) < 4.78 is 0. The van der Waals surface area contributed by atoms with Crippen LogP contribution in [0.4, 0.5) is 5.69 Å². The number of nitrogens with one attached hydrogen (secondary N) is 2. The highest BCUT2D eigenvalue weighted by Gasteiger charge is 2.29. The van der Waals surface area contributed by atoms with Crippen LogP contribution in [0.5, 0.6) is 0 Å². The summed E-state index contributed by atoms with van der Waals surface area (Å²) in [5.41, 5.74) is 1.05. The highest BCUT2D eigenvalue weighted by molar-refractivity contribution is 6.08. The molecule has 3 amide bonds. The van der Waals surface area contributed by atoms with Gasteiger partial charge in [-0.05, 0) is 37.5 Å². The summed E-state index contributed by atoms with van der Waals surface area (Å²) >= 11 is 0. The van der Waals surface area contributed by atoms with Crippen LogP contribution in [0.3, 0.4) is 0 Å². The van der Waals surface area contributed by atoms with Crippen LogP contribution in [0, 0.1) is 20.8 Å². The van der Waals surface area contributed by atoms with E-state index in [1.54, 1.807) is 13.8 Å². The molecule has 12 heteroatoms. The molecule has 0 aromatic heterocycles. The maximum atomic E-state index is 13.0. The molecule has 0 fully saturated rings. The van der Waals surface area contributed by atoms with Crippen molar-refractivity contribution in [1.29, 1.82) is 0 Å². The van der Waals surface area contributed by atoms with Crippen molar-refractivity contribution in [3.8, 4) is 0 Å². The normalized spacial score (nSPS) is 12.8. The highest BCUT2D eigenvalue weighted by atomic mass is 16.3. The molecule has 0 bridgehead atoms. The molecular formula is C21H33N3O9. The Balaban J connectivity index is 3.71. The molecule has 186 valence electrons. The number of aliphatic hydroxyl groups is 6. The Kier molecular flexibility index (Phi) is 11.4. The predicted octanol–water partition coefficient (Wildman–Crippen LogP) is -2.90. The number of benzene rings is 1. The second-order valence-electron chi connectivity index (χ2n) is 7.49. The molecule has 0 aliphatic heterocycles. The fourth-order valence-electron chi connectivity index (χ4n) is 3.57. The Morgan fingerprint density at radius 2 is 1.21 bits per heavy atom. The average Bonchev–Trinajstić information content (AvgIpc) is 2.79. The molecule has 0 aliphatic rings. The van der Waals surface area contributed by atoms with Crippen LogP contribution in [0.2, 0.25) is 0 Å². The van der Waals surface area contributed by atoms with Gasteiger partial charge in [0.05, 0.1) is 37.7 Å². The number of anilines is 1. The summed E-state index contributed by atoms with van der Waals surface area (Å²) in [6, 6.07) is 0. The van der Waals surface area contributed by atoms with Crippen LogP contribution < -0.4 is 15.5 Å². The second kappa shape index (κ2) is 13.2. The first kappa shape index (κ1) is 28.4. The molecular weight excluding hydrogens is 438 g/mol. The molecule has 0 heterocycles. The second-order valence-corrected chi connectivity index (χ2v) is 7.49. The third-order valence-corrected chi connectivity index (χ3v) is 5.11. The lowest BCUT2D eigenvalue weighted by atomic mass is 9.89. The topological polar surface area (TPSA) is 200 Å². The number of rotatable bonds is 12. The van der Waals surface area contributed by atoms with Gasteiger partial charge in [-0.15, -0.1) is 0 Å². The number of nitrogens with zero attached hydrogens (tertiary/aromatic N) is 1. The van der Waals surface area contributed by atoms with E-state index in [0.29, 0.717) is 11.1 Å². The van der Waals surface area contributed by atoms with E-state index in [0.717, 1.165) is 4.90 Å². The summed E-state index contributed by atoms with van der Waals surface area (Å²) in [7, 11) is 0. The number of carbonyl (C=O) groups is 3. The number of carbonyl (C=O) groups excluding carboxylic acids is 3. The van der Waals surface area contributed by atoms with Crippen molar-refractivity contribution in [1.82, 2.24) is 10.6 Å². The molecule has 0 spiro atoms. The molecule has 1 aromatic rings. The molecule has 12 nitrogen and oxygen atoms in total. The highest BCUT2D eigenvalue weighted by Crippen LogP contribution is 2.34. The lowest BCUT2D eigenvalue weighted by Crippen LogP contribution is -2.40. The van der Waals surface area contributed by atoms with Crippen molar-refractivity contribution in [3.05, 3.63) is 27.8 Å². The Hall–Kier alpha value is -2.61. The summed E-state index contributed by atoms with van der Waals surface area (Å²) in [5, 5.41) is 60.9. The van der Waals surface area contributed by atoms with Crippen LogP contribution in [0.15, 0.2) is 0 Å². The van der Waals surface area contributed by atoms with Gasteiger partial charge in [0.25, 0.3) is 17.7 Å². The molecule has 0 saturated heterocycles. The molecule has 1 rings (SSSR count). The van der Waals surface area contributed by atoms with Gasteiger partial charge in [-0.25, -0.2) is 0 Å². The average molecular weight is 472 g/mol. The Labute approximate surface area is 191 Å². The molecule has 0 radical (unpaired) electrons. The molecule has 33 heavy (non-hydrogen) atoms. The summed E-state index contributed by atoms with van der Waals surface area (Å²) in [6.07, 6.45) is -2.41. The Morgan fingerprint density at radius 3 is 1.55 bits per heavy atom. The zero-order valence-corrected chi connectivity index (χ0v) is 19.0. The minimum atomic E-state index is -1.20. The molecule has 2 atom stereocenters. The fourth-order valence-corrected chi connectivity index (χ4v) is 3.57. The van der Waals surface area contributed by atoms with Crippen LogP contribution >= 0.6 is 0 Å². The number of hydrogen-bond donors (Lipinski definition) is 8. The molecule has 0 saturated carbocycles. The van der Waals surface area contributed by atoms with E-state index in [1.165, 1.54) is 6.92 Å². The summed E-state index contributed by atoms with van der Waals surface area (Å²) in [6.45, 7) is 1.38. The first-order chi connectivity index (χ1) is 15.5. The number of hydrogen-bond acceptors (Lipinski definition) is 9. The minimum Gasteiger partial charge on any atom is -0.395 e. The Morgan fingerprint density at radius 1 is 0.788 bits per heavy atom. The molecule has 1 aromatic carbocycles. The predicted molar refractivity (Wildman–Crippen MR) is 118 cm³/mol. The maximum Gasteiger partial charge on any atom is 0.252 e. The fraction of sp³-hybridized carbons (Fsp3) is 0.571. The lowest BCUT2D eigenvalue weighted by molar-refractivity contribution is -0.121. The van der Waals surface area contributed by atoms with E-state index in [9.17, 15) is 34.8 Å². The van der Waals surface area contributed by atoms with Gasteiger partial charge in [0.2, 0.25) is 0 Å². The first-order valence-electron chi connectivity index (χ1n) is 10.4. The monoisotopic (exact) mass is 471 g/mol. The number of aliphatic hydroxyl groups excluding tert-OH is 6. The van der Waals surface area contributed by atoms with Gasteiger partial charge < -0.3 is 46.2 Å². The number of amides is 3. The van der Waals surface area contributed by atoms with Gasteiger partial charge >= 0.3 is 0 Å². The smallest absolute Gasteiger partial charge is 0.252 e. The van der Waals surface area contributed by atoms with Crippen LogP contribution in [0.25, 0.3) is 0 Å². The van der Waals surface area contributed by atoms with Gasteiger partial charge in [0.1, 0.15) is 6.61 Å². The Bertz CT molecular complexity index is 807. The van der Waals surface area contributed by atoms with Crippen molar-refractivity contribution in [2.24, 2.45) is 0 Å². The van der Waals surface area contributed by atoms with Crippen molar-refractivity contribution in [2.75, 3.05) is 51.0 Å². The zero-order chi connectivity index (χ0) is 25.3. The van der Waals surface area contributed by atoms with Gasteiger partial charge in [0.15, 0.2) is 0 Å². The van der Waals surface area contributed by atoms with Crippen molar-refractivity contribution in [2.45, 2.75) is 33.0 Å². The standard InChI is InChI=1S/C21H33N3O9/c1-11-17(20(32)22-6-14(29)8-26)12(2)19(24(4-5-25)16(31)10-28)13(3)18(11)21(33)23-7-15(30)9-27/h14-15,25-30H,4-10H2,1-3H3,(H,22,32)(H,23,33). The van der Waals surface area contributed by atoms with E-state index >= 15 is 0 Å². The van der Waals surface area contributed by atoms with E-state index < -0.39 is 56.4 Å². The third kappa shape index (κ3) is 6.93. The zero-order valence-electron chi connectivity index (χ0n) is 19.0. The van der Waals surface area contributed by atoms with Crippen LogP contribution in [0.1, 0.15) is 37.4 Å². The van der Waals surface area contributed by atoms with Crippen molar-refractivity contribution >= 4 is 23.4 Å². The SMILES string of the molecule is Cc1c(C(=O)NCC(O)CO)c(C)c(N(CCO)C(=O)CO)c(C)c1C(=O)NCC(O)CO. The largest absolute Gasteiger partial charge is 0.395 e. The van der Waals surface area contributed by atoms with E-state index in [4.69, 9.17) is 10.2 Å². The molecule has 8 N–H and O–H groups in total. The van der Waals surface area contributed by atoms with Crippen molar-refractivity contribution in [3.63, 3.8) is 0 Å². The third-order valence-electron chi connectivity index (χ3n) is 5.11. The minimum absolute atomic E-state index is 0.0299. The van der Waals surface area contributed by atoms with E-state index in [2.05, 4.69) is 10.6 Å². The quantitative estimate of drug-likeness (QED) is 0.157. The van der Waals surface area contributed by atoms with Gasteiger partial charge in [-0.3, -0.25) is 14.4 Å². The lowest BCUT2D eigenvalue weighted by Gasteiger charge is -2.29. The van der Waals surface area contributed by atoms with Gasteiger partial charge in [-0.2, -0.15) is 0 Å². The summed E-state index contributed by atoms with van der Waals surface area (Å²) in [5.74, 6) is -2.12.